The molecule has 3 heterocycles. The van der Waals surface area contributed by atoms with Crippen LogP contribution in [-0.4, -0.2) is 46.4 Å². The van der Waals surface area contributed by atoms with Crippen molar-refractivity contribution in [1.82, 2.24) is 14.5 Å². The molecule has 2 amide bonds. The van der Waals surface area contributed by atoms with Gasteiger partial charge >= 0.3 is 5.97 Å². The third-order valence-electron chi connectivity index (χ3n) is 5.64. The molecule has 0 aliphatic carbocycles. The highest BCUT2D eigenvalue weighted by atomic mass is 16.5. The Hall–Kier alpha value is -3.94. The van der Waals surface area contributed by atoms with Gasteiger partial charge in [0, 0.05) is 50.0 Å². The standard InChI is InChI=1S/C24H24N4O4/c1-27-13-17(18-6-4-5-7-20(18)27)14-28(2)21(29)9-8-15-10-16-11-19(24(31)32-3)23(30)26-22(16)25-12-15/h4-10,12-13,19H,11,14H2,1-3H3,(H,25,26,30). The summed E-state index contributed by atoms with van der Waals surface area (Å²) in [5.41, 5.74) is 3.62. The predicted octanol–water partition coefficient (Wildman–Crippen LogP) is 2.53. The number of benzene rings is 1. The number of pyridine rings is 1. The number of anilines is 1. The summed E-state index contributed by atoms with van der Waals surface area (Å²) in [6.07, 6.45) is 6.99. The summed E-state index contributed by atoms with van der Waals surface area (Å²) in [6.45, 7) is 0.486. The molecule has 4 rings (SSSR count). The number of carbonyl (C=O) groups excluding carboxylic acids is 3. The lowest BCUT2D eigenvalue weighted by Gasteiger charge is -2.22. The average molecular weight is 432 g/mol. The fraction of sp³-hybridized carbons (Fsp3) is 0.250. The van der Waals surface area contributed by atoms with Crippen LogP contribution in [0.1, 0.15) is 16.7 Å². The fourth-order valence-corrected chi connectivity index (χ4v) is 3.92. The Morgan fingerprint density at radius 3 is 2.91 bits per heavy atom. The zero-order chi connectivity index (χ0) is 22.8. The van der Waals surface area contributed by atoms with Crippen molar-refractivity contribution in [2.45, 2.75) is 13.0 Å². The van der Waals surface area contributed by atoms with E-state index in [0.29, 0.717) is 17.9 Å². The van der Waals surface area contributed by atoms with Gasteiger partial charge in [0.05, 0.1) is 7.11 Å². The maximum atomic E-state index is 12.7. The first-order valence-electron chi connectivity index (χ1n) is 10.2. The van der Waals surface area contributed by atoms with Gasteiger partial charge in [0.15, 0.2) is 0 Å². The summed E-state index contributed by atoms with van der Waals surface area (Å²) in [5, 5.41) is 3.75. The summed E-state index contributed by atoms with van der Waals surface area (Å²) in [5.74, 6) is -1.63. The second-order valence-corrected chi connectivity index (χ2v) is 7.86. The van der Waals surface area contributed by atoms with E-state index < -0.39 is 17.8 Å². The second-order valence-electron chi connectivity index (χ2n) is 7.86. The first kappa shape index (κ1) is 21.3. The van der Waals surface area contributed by atoms with Crippen molar-refractivity contribution in [3.63, 3.8) is 0 Å². The SMILES string of the molecule is COC(=O)C1Cc2cc(C=CC(=O)N(C)Cc3cn(C)c4ccccc34)cnc2NC1=O. The Morgan fingerprint density at radius 2 is 2.12 bits per heavy atom. The van der Waals surface area contributed by atoms with Gasteiger partial charge in [0.25, 0.3) is 0 Å². The van der Waals surface area contributed by atoms with Gasteiger partial charge in [0.1, 0.15) is 11.7 Å². The van der Waals surface area contributed by atoms with Gasteiger partial charge in [-0.3, -0.25) is 14.4 Å². The van der Waals surface area contributed by atoms with E-state index in [-0.39, 0.29) is 12.3 Å². The van der Waals surface area contributed by atoms with E-state index >= 15 is 0 Å². The van der Waals surface area contributed by atoms with Crippen molar-refractivity contribution in [3.05, 3.63) is 65.5 Å². The molecule has 0 saturated carbocycles. The largest absolute Gasteiger partial charge is 0.468 e. The first-order chi connectivity index (χ1) is 15.4. The molecule has 8 nitrogen and oxygen atoms in total. The van der Waals surface area contributed by atoms with Crippen molar-refractivity contribution in [2.75, 3.05) is 19.5 Å². The topological polar surface area (TPSA) is 93.5 Å². The highest BCUT2D eigenvalue weighted by Gasteiger charge is 2.33. The van der Waals surface area contributed by atoms with Crippen LogP contribution in [0.2, 0.25) is 0 Å². The zero-order valence-corrected chi connectivity index (χ0v) is 18.2. The molecule has 1 N–H and O–H groups in total. The quantitative estimate of drug-likeness (QED) is 0.380. The lowest BCUT2D eigenvalue weighted by atomic mass is 9.94. The molecule has 2 aromatic heterocycles. The van der Waals surface area contributed by atoms with Crippen molar-refractivity contribution in [1.29, 1.82) is 0 Å². The molecule has 1 aromatic carbocycles. The van der Waals surface area contributed by atoms with Crippen molar-refractivity contribution in [3.8, 4) is 0 Å². The van der Waals surface area contributed by atoms with E-state index in [1.54, 1.807) is 24.2 Å². The molecule has 8 heteroatoms. The van der Waals surface area contributed by atoms with Crippen LogP contribution in [0.3, 0.4) is 0 Å². The Kier molecular flexibility index (Phi) is 5.77. The van der Waals surface area contributed by atoms with Gasteiger partial charge in [-0.05, 0) is 41.3 Å². The molecule has 32 heavy (non-hydrogen) atoms. The number of nitrogens with zero attached hydrogens (tertiary/aromatic N) is 3. The number of aromatic nitrogens is 2. The Labute approximate surface area is 185 Å². The number of amides is 2. The van der Waals surface area contributed by atoms with Crippen molar-refractivity contribution < 1.29 is 19.1 Å². The number of nitrogens with one attached hydrogen (secondary N) is 1. The maximum absolute atomic E-state index is 12.7. The number of likely N-dealkylation sites (N-methyl/N-ethyl adjacent to an activating group) is 1. The lowest BCUT2D eigenvalue weighted by molar-refractivity contribution is -0.148. The van der Waals surface area contributed by atoms with Gasteiger partial charge in [0.2, 0.25) is 11.8 Å². The second kappa shape index (κ2) is 8.66. The van der Waals surface area contributed by atoms with Gasteiger partial charge in [-0.15, -0.1) is 0 Å². The zero-order valence-electron chi connectivity index (χ0n) is 18.2. The van der Waals surface area contributed by atoms with Crippen LogP contribution in [0.25, 0.3) is 17.0 Å². The number of carbonyl (C=O) groups is 3. The number of fused-ring (bicyclic) bond motifs is 2. The van der Waals surface area contributed by atoms with E-state index in [9.17, 15) is 14.4 Å². The highest BCUT2D eigenvalue weighted by molar-refractivity contribution is 6.06. The highest BCUT2D eigenvalue weighted by Crippen LogP contribution is 2.26. The van der Waals surface area contributed by atoms with Gasteiger partial charge < -0.3 is 19.5 Å². The predicted molar refractivity (Wildman–Crippen MR) is 121 cm³/mol. The third-order valence-corrected chi connectivity index (χ3v) is 5.64. The van der Waals surface area contributed by atoms with Gasteiger partial charge in [-0.25, -0.2) is 4.98 Å². The molecule has 0 fully saturated rings. The monoisotopic (exact) mass is 432 g/mol. The van der Waals surface area contributed by atoms with Crippen molar-refractivity contribution >= 4 is 40.6 Å². The van der Waals surface area contributed by atoms with Crippen molar-refractivity contribution in [2.24, 2.45) is 13.0 Å². The molecule has 0 spiro atoms. The molecular weight excluding hydrogens is 408 g/mol. The van der Waals surface area contributed by atoms with Crippen LogP contribution < -0.4 is 5.32 Å². The Bertz CT molecular complexity index is 1240. The van der Waals surface area contributed by atoms with Crippen LogP contribution in [-0.2, 0) is 39.1 Å². The van der Waals surface area contributed by atoms with E-state index in [4.69, 9.17) is 4.74 Å². The molecule has 0 saturated heterocycles. The molecule has 0 radical (unpaired) electrons. The number of hydrogen-bond donors (Lipinski definition) is 1. The first-order valence-corrected chi connectivity index (χ1v) is 10.2. The molecule has 3 aromatic rings. The molecule has 164 valence electrons. The number of esters is 1. The smallest absolute Gasteiger partial charge is 0.318 e. The van der Waals surface area contributed by atoms with Crippen LogP contribution in [0.15, 0.2) is 48.8 Å². The lowest BCUT2D eigenvalue weighted by Crippen LogP contribution is -2.36. The summed E-state index contributed by atoms with van der Waals surface area (Å²) in [7, 11) is 5.00. The molecule has 1 aliphatic rings. The third kappa shape index (κ3) is 4.12. The van der Waals surface area contributed by atoms with E-state index in [1.807, 2.05) is 31.4 Å². The van der Waals surface area contributed by atoms with E-state index in [0.717, 1.165) is 22.0 Å². The Balaban J connectivity index is 1.46. The van der Waals surface area contributed by atoms with Crippen LogP contribution >= 0.6 is 0 Å². The van der Waals surface area contributed by atoms with Gasteiger partial charge in [-0.2, -0.15) is 0 Å². The minimum Gasteiger partial charge on any atom is -0.468 e. The summed E-state index contributed by atoms with van der Waals surface area (Å²) < 4.78 is 6.76. The van der Waals surface area contributed by atoms with Gasteiger partial charge in [-0.1, -0.05) is 18.2 Å². The van der Waals surface area contributed by atoms with Crippen LogP contribution in [0.4, 0.5) is 5.82 Å². The fourth-order valence-electron chi connectivity index (χ4n) is 3.92. The number of aryl methyl sites for hydroxylation is 1. The minimum atomic E-state index is -0.901. The normalized spacial score (nSPS) is 15.5. The average Bonchev–Trinajstić information content (AvgIpc) is 3.11. The number of ether oxygens (including phenoxy) is 1. The van der Waals surface area contributed by atoms with E-state index in [2.05, 4.69) is 27.0 Å². The molecule has 0 bridgehead atoms. The molecule has 1 atom stereocenters. The Morgan fingerprint density at radius 1 is 1.34 bits per heavy atom. The maximum Gasteiger partial charge on any atom is 0.318 e. The molecule has 1 aliphatic heterocycles. The number of rotatable bonds is 5. The molecular formula is C24H24N4O4. The summed E-state index contributed by atoms with van der Waals surface area (Å²) in [4.78, 5) is 42.4. The number of methoxy groups -OCH3 is 1. The number of para-hydroxylation sites is 1. The minimum absolute atomic E-state index is 0.142. The summed E-state index contributed by atoms with van der Waals surface area (Å²) >= 11 is 0. The van der Waals surface area contributed by atoms with Crippen LogP contribution in [0, 0.1) is 5.92 Å². The molecule has 1 unspecified atom stereocenters. The van der Waals surface area contributed by atoms with Crippen LogP contribution in [0.5, 0.6) is 0 Å². The summed E-state index contributed by atoms with van der Waals surface area (Å²) in [6, 6.07) is 9.90. The van der Waals surface area contributed by atoms with E-state index in [1.165, 1.54) is 13.2 Å². The number of hydrogen-bond acceptors (Lipinski definition) is 5.